The Hall–Kier alpha value is -1.45. The average molecular weight is 360 g/mol. The molecule has 0 heterocycles. The van der Waals surface area contributed by atoms with E-state index >= 15 is 0 Å². The van der Waals surface area contributed by atoms with Crippen LogP contribution in [0.25, 0.3) is 0 Å². The van der Waals surface area contributed by atoms with Gasteiger partial charge in [0.15, 0.2) is 0 Å². The highest BCUT2D eigenvalue weighted by Gasteiger charge is 2.19. The molecule has 3 rings (SSSR count). The van der Waals surface area contributed by atoms with Crippen molar-refractivity contribution in [1.82, 2.24) is 5.32 Å². The number of halogens is 1. The molecule has 0 aliphatic heterocycles. The fourth-order valence-corrected chi connectivity index (χ4v) is 4.05. The van der Waals surface area contributed by atoms with Gasteiger partial charge in [0.2, 0.25) is 5.91 Å². The van der Waals surface area contributed by atoms with Crippen LogP contribution in [0.1, 0.15) is 43.0 Å². The monoisotopic (exact) mass is 359 g/mol. The fourth-order valence-electron chi connectivity index (χ4n) is 3.05. The van der Waals surface area contributed by atoms with E-state index in [0.29, 0.717) is 5.02 Å². The molecule has 0 spiro atoms. The highest BCUT2D eigenvalue weighted by atomic mass is 35.5. The molecule has 1 aliphatic carbocycles. The molecule has 1 N–H and O–H groups in total. The highest BCUT2D eigenvalue weighted by molar-refractivity contribution is 8.00. The van der Waals surface area contributed by atoms with Gasteiger partial charge in [0, 0.05) is 9.92 Å². The van der Waals surface area contributed by atoms with Crippen LogP contribution < -0.4 is 5.32 Å². The Morgan fingerprint density at radius 1 is 1.08 bits per heavy atom. The van der Waals surface area contributed by atoms with Gasteiger partial charge in [-0.15, -0.1) is 11.8 Å². The normalized spacial score (nSPS) is 15.6. The number of amides is 1. The molecule has 0 saturated heterocycles. The van der Waals surface area contributed by atoms with Crippen LogP contribution in [0.2, 0.25) is 5.02 Å². The highest BCUT2D eigenvalue weighted by Crippen LogP contribution is 2.27. The number of hydrogen-bond donors (Lipinski definition) is 1. The number of fused-ring (bicyclic) bond motifs is 1. The van der Waals surface area contributed by atoms with Gasteiger partial charge in [-0.1, -0.05) is 29.8 Å². The second-order valence-electron chi connectivity index (χ2n) is 6.33. The first-order valence-electron chi connectivity index (χ1n) is 8.37. The second kappa shape index (κ2) is 7.62. The minimum absolute atomic E-state index is 0.0247. The fraction of sp³-hybridized carbons (Fsp3) is 0.350. The summed E-state index contributed by atoms with van der Waals surface area (Å²) >= 11 is 7.45. The number of nitrogens with one attached hydrogen (secondary N) is 1. The quantitative estimate of drug-likeness (QED) is 0.744. The second-order valence-corrected chi connectivity index (χ2v) is 8.18. The third kappa shape index (κ3) is 4.14. The molecule has 4 heteroatoms. The molecule has 2 aromatic carbocycles. The summed E-state index contributed by atoms with van der Waals surface area (Å²) in [5, 5.41) is 3.69. The van der Waals surface area contributed by atoms with Crippen molar-refractivity contribution in [3.8, 4) is 0 Å². The lowest BCUT2D eigenvalue weighted by Gasteiger charge is -2.18. The van der Waals surface area contributed by atoms with Crippen molar-refractivity contribution in [1.29, 1.82) is 0 Å². The van der Waals surface area contributed by atoms with Crippen molar-refractivity contribution in [2.75, 3.05) is 0 Å². The number of carbonyl (C=O) groups excluding carboxylic acids is 1. The van der Waals surface area contributed by atoms with Gasteiger partial charge in [-0.2, -0.15) is 0 Å². The number of rotatable bonds is 5. The predicted octanol–water partition coefficient (Wildman–Crippen LogP) is 5.19. The summed E-state index contributed by atoms with van der Waals surface area (Å²) in [4.78, 5) is 13.5. The van der Waals surface area contributed by atoms with E-state index in [-0.39, 0.29) is 17.2 Å². The van der Waals surface area contributed by atoms with E-state index in [4.69, 9.17) is 11.6 Å². The van der Waals surface area contributed by atoms with E-state index in [1.807, 2.05) is 38.1 Å². The summed E-state index contributed by atoms with van der Waals surface area (Å²) in [5.41, 5.74) is 4.09. The van der Waals surface area contributed by atoms with Crippen molar-refractivity contribution >= 4 is 29.3 Å². The van der Waals surface area contributed by atoms with E-state index in [1.54, 1.807) is 11.8 Å². The molecule has 126 valence electrons. The molecule has 2 aromatic rings. The third-order valence-corrected chi connectivity index (χ3v) is 5.84. The van der Waals surface area contributed by atoms with Crippen LogP contribution >= 0.6 is 23.4 Å². The summed E-state index contributed by atoms with van der Waals surface area (Å²) in [6.45, 7) is 3.98. The molecular formula is C20H22ClNOS. The van der Waals surface area contributed by atoms with E-state index < -0.39 is 0 Å². The van der Waals surface area contributed by atoms with Crippen LogP contribution in [-0.4, -0.2) is 11.2 Å². The first kappa shape index (κ1) is 17.4. The Morgan fingerprint density at radius 3 is 2.54 bits per heavy atom. The van der Waals surface area contributed by atoms with Gasteiger partial charge in [-0.3, -0.25) is 4.79 Å². The summed E-state index contributed by atoms with van der Waals surface area (Å²) in [7, 11) is 0. The van der Waals surface area contributed by atoms with Crippen LogP contribution in [-0.2, 0) is 17.6 Å². The van der Waals surface area contributed by atoms with Crippen molar-refractivity contribution < 1.29 is 4.79 Å². The zero-order valence-electron chi connectivity index (χ0n) is 14.0. The molecule has 24 heavy (non-hydrogen) atoms. The van der Waals surface area contributed by atoms with Crippen LogP contribution in [0.4, 0.5) is 0 Å². The molecule has 0 aromatic heterocycles. The van der Waals surface area contributed by atoms with E-state index in [0.717, 1.165) is 11.3 Å². The Bertz CT molecular complexity index is 729. The minimum Gasteiger partial charge on any atom is -0.349 e. The molecule has 0 radical (unpaired) electrons. The van der Waals surface area contributed by atoms with Gasteiger partial charge in [0.05, 0.1) is 11.3 Å². The summed E-state index contributed by atoms with van der Waals surface area (Å²) < 4.78 is 0. The molecule has 0 unspecified atom stereocenters. The summed E-state index contributed by atoms with van der Waals surface area (Å²) in [5.74, 6) is 0.0583. The van der Waals surface area contributed by atoms with E-state index in [2.05, 4.69) is 23.5 Å². The number of aryl methyl sites for hydroxylation is 2. The Balaban J connectivity index is 1.60. The molecule has 1 aliphatic rings. The first-order chi connectivity index (χ1) is 11.5. The number of carbonyl (C=O) groups is 1. The molecule has 1 amide bonds. The maximum Gasteiger partial charge on any atom is 0.233 e. The van der Waals surface area contributed by atoms with Gasteiger partial charge < -0.3 is 5.32 Å². The standard InChI is InChI=1S/C20H22ClNOS/c1-13(16-7-6-15-4-3-5-17(15)12-16)22-20(23)14(2)24-19-10-8-18(21)9-11-19/h6-14H,3-5H2,1-2H3,(H,22,23)/t13-,14+/m0/s1. The summed E-state index contributed by atoms with van der Waals surface area (Å²) in [6, 6.07) is 14.2. The minimum atomic E-state index is -0.150. The largest absolute Gasteiger partial charge is 0.349 e. The molecule has 0 bridgehead atoms. The van der Waals surface area contributed by atoms with Gasteiger partial charge in [-0.25, -0.2) is 0 Å². The van der Waals surface area contributed by atoms with E-state index in [1.165, 1.54) is 29.5 Å². The lowest BCUT2D eigenvalue weighted by atomic mass is 10.0. The maximum atomic E-state index is 12.5. The third-order valence-electron chi connectivity index (χ3n) is 4.48. The molecule has 2 atom stereocenters. The lowest BCUT2D eigenvalue weighted by Crippen LogP contribution is -2.33. The van der Waals surface area contributed by atoms with E-state index in [9.17, 15) is 4.79 Å². The smallest absolute Gasteiger partial charge is 0.233 e. The van der Waals surface area contributed by atoms with Crippen LogP contribution in [0, 0.1) is 0 Å². The van der Waals surface area contributed by atoms with Crippen molar-refractivity contribution in [3.63, 3.8) is 0 Å². The lowest BCUT2D eigenvalue weighted by molar-refractivity contribution is -0.120. The molecule has 0 fully saturated rings. The van der Waals surface area contributed by atoms with Crippen LogP contribution in [0.3, 0.4) is 0 Å². The van der Waals surface area contributed by atoms with Crippen LogP contribution in [0.15, 0.2) is 47.4 Å². The Morgan fingerprint density at radius 2 is 1.79 bits per heavy atom. The first-order valence-corrected chi connectivity index (χ1v) is 9.63. The van der Waals surface area contributed by atoms with Gasteiger partial charge in [0.1, 0.15) is 0 Å². The average Bonchev–Trinajstić information content (AvgIpc) is 3.04. The topological polar surface area (TPSA) is 29.1 Å². The molecule has 0 saturated carbocycles. The zero-order chi connectivity index (χ0) is 17.1. The van der Waals surface area contributed by atoms with Gasteiger partial charge >= 0.3 is 0 Å². The van der Waals surface area contributed by atoms with Crippen molar-refractivity contribution in [2.45, 2.75) is 49.3 Å². The van der Waals surface area contributed by atoms with Gasteiger partial charge in [0.25, 0.3) is 0 Å². The number of benzene rings is 2. The number of hydrogen-bond acceptors (Lipinski definition) is 2. The molecular weight excluding hydrogens is 338 g/mol. The maximum absolute atomic E-state index is 12.5. The summed E-state index contributed by atoms with van der Waals surface area (Å²) in [6.07, 6.45) is 3.59. The Labute approximate surface area is 153 Å². The van der Waals surface area contributed by atoms with Crippen LogP contribution in [0.5, 0.6) is 0 Å². The van der Waals surface area contributed by atoms with Crippen molar-refractivity contribution in [2.24, 2.45) is 0 Å². The zero-order valence-corrected chi connectivity index (χ0v) is 15.6. The van der Waals surface area contributed by atoms with Gasteiger partial charge in [-0.05, 0) is 74.1 Å². The Kier molecular flexibility index (Phi) is 5.52. The predicted molar refractivity (Wildman–Crippen MR) is 102 cm³/mol. The van der Waals surface area contributed by atoms with Crippen molar-refractivity contribution in [3.05, 3.63) is 64.2 Å². The molecule has 2 nitrogen and oxygen atoms in total. The SMILES string of the molecule is C[C@H](NC(=O)[C@@H](C)Sc1ccc(Cl)cc1)c1ccc2c(c1)CCC2. The number of thioether (sulfide) groups is 1.